The van der Waals surface area contributed by atoms with Gasteiger partial charge in [-0.05, 0) is 31.6 Å². The van der Waals surface area contributed by atoms with Crippen molar-refractivity contribution in [1.29, 1.82) is 0 Å². The first-order chi connectivity index (χ1) is 13.6. The van der Waals surface area contributed by atoms with Crippen molar-refractivity contribution in [3.63, 3.8) is 0 Å². The molecule has 0 saturated heterocycles. The van der Waals surface area contributed by atoms with Gasteiger partial charge in [0.05, 0.1) is 16.4 Å². The number of rotatable bonds is 8. The predicted octanol–water partition coefficient (Wildman–Crippen LogP) is 3.10. The van der Waals surface area contributed by atoms with Crippen LogP contribution in [0.25, 0.3) is 0 Å². The second-order valence-corrected chi connectivity index (χ2v) is 9.31. The summed E-state index contributed by atoms with van der Waals surface area (Å²) in [5.41, 5.74) is 0.961. The molecule has 0 spiro atoms. The SMILES string of the molecule is CCC[C@@H](OC(C)=O)[C@H](OC(C)=O)[C@@H]1C[C@@H](S(=O)(=O)c2ccc(C)cc2)C=CO1. The minimum Gasteiger partial charge on any atom is -0.494 e. The molecule has 29 heavy (non-hydrogen) atoms. The predicted molar refractivity (Wildman–Crippen MR) is 107 cm³/mol. The molecule has 0 aromatic heterocycles. The molecule has 0 amide bonds. The van der Waals surface area contributed by atoms with Crippen LogP contribution < -0.4 is 0 Å². The number of carbonyl (C=O) groups excluding carboxylic acids is 2. The van der Waals surface area contributed by atoms with Crippen molar-refractivity contribution in [2.24, 2.45) is 0 Å². The summed E-state index contributed by atoms with van der Waals surface area (Å²) in [5, 5.41) is -0.846. The van der Waals surface area contributed by atoms with Crippen molar-refractivity contribution in [2.75, 3.05) is 0 Å². The molecular weight excluding hydrogens is 396 g/mol. The summed E-state index contributed by atoms with van der Waals surface area (Å²) >= 11 is 0. The molecule has 1 aliphatic rings. The molecule has 1 heterocycles. The van der Waals surface area contributed by atoms with E-state index in [1.807, 2.05) is 13.8 Å². The first-order valence-corrected chi connectivity index (χ1v) is 11.2. The van der Waals surface area contributed by atoms with Crippen LogP contribution in [0.4, 0.5) is 0 Å². The zero-order valence-corrected chi connectivity index (χ0v) is 18.0. The second kappa shape index (κ2) is 9.91. The van der Waals surface area contributed by atoms with Crippen LogP contribution >= 0.6 is 0 Å². The minimum absolute atomic E-state index is 0.0755. The third kappa shape index (κ3) is 6.06. The molecule has 1 aliphatic heterocycles. The monoisotopic (exact) mass is 424 g/mol. The van der Waals surface area contributed by atoms with Gasteiger partial charge in [-0.2, -0.15) is 0 Å². The van der Waals surface area contributed by atoms with Crippen LogP contribution in [0.15, 0.2) is 41.5 Å². The number of aryl methyl sites for hydroxylation is 1. The molecule has 0 fully saturated rings. The number of sulfone groups is 1. The van der Waals surface area contributed by atoms with Crippen molar-refractivity contribution in [3.8, 4) is 0 Å². The third-order valence-corrected chi connectivity index (χ3v) is 6.76. The Morgan fingerprint density at radius 2 is 1.76 bits per heavy atom. The van der Waals surface area contributed by atoms with Crippen molar-refractivity contribution in [1.82, 2.24) is 0 Å². The van der Waals surface area contributed by atoms with Crippen LogP contribution in [0.5, 0.6) is 0 Å². The van der Waals surface area contributed by atoms with Gasteiger partial charge in [0.1, 0.15) is 12.2 Å². The van der Waals surface area contributed by atoms with Gasteiger partial charge < -0.3 is 14.2 Å². The van der Waals surface area contributed by atoms with Gasteiger partial charge in [0, 0.05) is 20.3 Å². The van der Waals surface area contributed by atoms with E-state index in [1.54, 1.807) is 24.3 Å². The molecule has 0 radical (unpaired) electrons. The van der Waals surface area contributed by atoms with E-state index in [-0.39, 0.29) is 11.3 Å². The zero-order valence-electron chi connectivity index (χ0n) is 17.2. The summed E-state index contributed by atoms with van der Waals surface area (Å²) in [7, 11) is -3.65. The maximum Gasteiger partial charge on any atom is 0.303 e. The highest BCUT2D eigenvalue weighted by molar-refractivity contribution is 7.92. The van der Waals surface area contributed by atoms with Gasteiger partial charge >= 0.3 is 11.9 Å². The summed E-state index contributed by atoms with van der Waals surface area (Å²) in [6.45, 7) is 6.32. The van der Waals surface area contributed by atoms with Crippen molar-refractivity contribution in [3.05, 3.63) is 42.2 Å². The summed E-state index contributed by atoms with van der Waals surface area (Å²) in [6.07, 6.45) is 1.63. The average molecular weight is 425 g/mol. The molecule has 0 aliphatic carbocycles. The molecular formula is C21H28O7S. The quantitative estimate of drug-likeness (QED) is 0.592. The maximum absolute atomic E-state index is 13.1. The van der Waals surface area contributed by atoms with E-state index in [2.05, 4.69) is 0 Å². The molecule has 2 rings (SSSR count). The van der Waals surface area contributed by atoms with Crippen LogP contribution in [0, 0.1) is 6.92 Å². The Morgan fingerprint density at radius 1 is 1.14 bits per heavy atom. The van der Waals surface area contributed by atoms with Crippen molar-refractivity contribution >= 4 is 21.8 Å². The van der Waals surface area contributed by atoms with E-state index in [1.165, 1.54) is 26.2 Å². The number of benzene rings is 1. The summed E-state index contributed by atoms with van der Waals surface area (Å²) < 4.78 is 42.5. The molecule has 160 valence electrons. The molecule has 0 bridgehead atoms. The Balaban J connectivity index is 2.29. The Hall–Kier alpha value is -2.35. The van der Waals surface area contributed by atoms with Gasteiger partial charge in [-0.25, -0.2) is 8.42 Å². The van der Waals surface area contributed by atoms with Gasteiger partial charge in [0.25, 0.3) is 0 Å². The number of hydrogen-bond donors (Lipinski definition) is 0. The van der Waals surface area contributed by atoms with Gasteiger partial charge in [-0.1, -0.05) is 31.0 Å². The van der Waals surface area contributed by atoms with E-state index in [4.69, 9.17) is 14.2 Å². The van der Waals surface area contributed by atoms with Gasteiger partial charge in [0.15, 0.2) is 15.9 Å². The molecule has 8 heteroatoms. The minimum atomic E-state index is -3.65. The van der Waals surface area contributed by atoms with Crippen LogP contribution in [0.2, 0.25) is 0 Å². The molecule has 0 unspecified atom stereocenters. The van der Waals surface area contributed by atoms with Crippen LogP contribution in [0.1, 0.15) is 45.6 Å². The fourth-order valence-corrected chi connectivity index (χ4v) is 4.89. The largest absolute Gasteiger partial charge is 0.494 e. The highest BCUT2D eigenvalue weighted by atomic mass is 32.2. The Morgan fingerprint density at radius 3 is 2.31 bits per heavy atom. The lowest BCUT2D eigenvalue weighted by Crippen LogP contribution is -2.46. The van der Waals surface area contributed by atoms with Crippen molar-refractivity contribution in [2.45, 2.75) is 75.4 Å². The topological polar surface area (TPSA) is 96.0 Å². The number of esters is 2. The fraction of sp³-hybridized carbons (Fsp3) is 0.524. The fourth-order valence-electron chi connectivity index (χ4n) is 3.31. The Labute approximate surface area is 171 Å². The summed E-state index contributed by atoms with van der Waals surface area (Å²) in [4.78, 5) is 23.4. The van der Waals surface area contributed by atoms with E-state index >= 15 is 0 Å². The third-order valence-electron chi connectivity index (χ3n) is 4.68. The van der Waals surface area contributed by atoms with Gasteiger partial charge in [0.2, 0.25) is 0 Å². The van der Waals surface area contributed by atoms with Gasteiger partial charge in [-0.15, -0.1) is 0 Å². The smallest absolute Gasteiger partial charge is 0.303 e. The maximum atomic E-state index is 13.1. The lowest BCUT2D eigenvalue weighted by molar-refractivity contribution is -0.176. The summed E-state index contributed by atoms with van der Waals surface area (Å²) in [6, 6.07) is 6.64. The number of hydrogen-bond acceptors (Lipinski definition) is 7. The van der Waals surface area contributed by atoms with E-state index in [0.29, 0.717) is 12.8 Å². The zero-order chi connectivity index (χ0) is 21.6. The summed E-state index contributed by atoms with van der Waals surface area (Å²) in [5.74, 6) is -1.06. The highest BCUT2D eigenvalue weighted by Crippen LogP contribution is 2.29. The molecule has 1 aromatic carbocycles. The Kier molecular flexibility index (Phi) is 7.84. The van der Waals surface area contributed by atoms with Gasteiger partial charge in [-0.3, -0.25) is 9.59 Å². The standard InChI is InChI=1S/C21H28O7S/c1-5-6-19(27-15(3)22)21(28-16(4)23)20-13-18(11-12-26-20)29(24,25)17-9-7-14(2)8-10-17/h7-12,18-21H,5-6,13H2,1-4H3/t18-,19+,20-,21-/m0/s1. The lowest BCUT2D eigenvalue weighted by atomic mass is 9.98. The second-order valence-electron chi connectivity index (χ2n) is 7.15. The highest BCUT2D eigenvalue weighted by Gasteiger charge is 2.40. The number of ether oxygens (including phenoxy) is 3. The molecule has 4 atom stereocenters. The van der Waals surface area contributed by atoms with E-state index < -0.39 is 45.3 Å². The molecule has 7 nitrogen and oxygen atoms in total. The van der Waals surface area contributed by atoms with Crippen LogP contribution in [-0.2, 0) is 33.6 Å². The molecule has 0 saturated carbocycles. The Bertz CT molecular complexity index is 842. The average Bonchev–Trinajstić information content (AvgIpc) is 2.66. The first kappa shape index (κ1) is 22.9. The van der Waals surface area contributed by atoms with Crippen molar-refractivity contribution < 1.29 is 32.2 Å². The lowest BCUT2D eigenvalue weighted by Gasteiger charge is -2.35. The molecule has 0 N–H and O–H groups in total. The number of carbonyl (C=O) groups is 2. The van der Waals surface area contributed by atoms with E-state index in [9.17, 15) is 18.0 Å². The normalized spacial score (nSPS) is 21.0. The van der Waals surface area contributed by atoms with E-state index in [0.717, 1.165) is 5.56 Å². The van der Waals surface area contributed by atoms with Crippen LogP contribution in [0.3, 0.4) is 0 Å². The molecule has 1 aromatic rings. The first-order valence-electron chi connectivity index (χ1n) is 9.62. The van der Waals surface area contributed by atoms with Crippen LogP contribution in [-0.4, -0.2) is 43.9 Å².